The van der Waals surface area contributed by atoms with Crippen molar-refractivity contribution >= 4 is 0 Å². The van der Waals surface area contributed by atoms with Crippen LogP contribution in [0.5, 0.6) is 0 Å². The van der Waals surface area contributed by atoms with E-state index in [-0.39, 0.29) is 11.8 Å². The highest BCUT2D eigenvalue weighted by Crippen LogP contribution is 2.20. The molecule has 8 heavy (non-hydrogen) atoms. The van der Waals surface area contributed by atoms with Gasteiger partial charge in [0, 0.05) is 6.42 Å². The van der Waals surface area contributed by atoms with E-state index < -0.39 is 6.36 Å². The molecular weight excluding hydrogens is 107 g/mol. The molecule has 0 fully saturated rings. The van der Waals surface area contributed by atoms with E-state index in [0.717, 1.165) is 0 Å². The zero-order chi connectivity index (χ0) is 6.78. The van der Waals surface area contributed by atoms with E-state index in [9.17, 15) is 4.39 Å². The molecule has 0 aliphatic rings. The van der Waals surface area contributed by atoms with E-state index in [0.29, 0.717) is 0 Å². The van der Waals surface area contributed by atoms with Gasteiger partial charge in [-0.2, -0.15) is 0 Å². The highest BCUT2D eigenvalue weighted by atomic mass is 19.1. The molecule has 0 heterocycles. The third-order valence-corrected chi connectivity index (χ3v) is 0.781. The van der Waals surface area contributed by atoms with Crippen LogP contribution in [-0.4, -0.2) is 11.5 Å². The lowest BCUT2D eigenvalue weighted by molar-refractivity contribution is 0.00744. The predicted molar refractivity (Wildman–Crippen MR) is 31.2 cm³/mol. The molecule has 0 radical (unpaired) electrons. The summed E-state index contributed by atoms with van der Waals surface area (Å²) in [6, 6.07) is 0. The molecule has 0 aromatic carbocycles. The Balaban J connectivity index is 3.39. The minimum absolute atomic E-state index is 0.103. The fraction of sp³-hybridized carbons (Fsp3) is 1.00. The van der Waals surface area contributed by atoms with Gasteiger partial charge in [-0.25, -0.2) is 4.39 Å². The van der Waals surface area contributed by atoms with Crippen LogP contribution in [0.3, 0.4) is 0 Å². The maximum atomic E-state index is 11.8. The molecule has 0 saturated carbocycles. The van der Waals surface area contributed by atoms with E-state index in [2.05, 4.69) is 0 Å². The van der Waals surface area contributed by atoms with Crippen molar-refractivity contribution in [1.82, 2.24) is 0 Å². The normalized spacial score (nSPS) is 16.1. The molecule has 0 saturated heterocycles. The van der Waals surface area contributed by atoms with E-state index >= 15 is 0 Å². The number of aliphatic hydroxyl groups is 1. The van der Waals surface area contributed by atoms with Crippen LogP contribution in [0.1, 0.15) is 27.2 Å². The van der Waals surface area contributed by atoms with E-state index in [1.807, 2.05) is 20.8 Å². The van der Waals surface area contributed by atoms with Crippen LogP contribution in [-0.2, 0) is 0 Å². The lowest BCUT2D eigenvalue weighted by atomic mass is 9.92. The predicted octanol–water partition coefficient (Wildman–Crippen LogP) is 1.71. The maximum Gasteiger partial charge on any atom is 0.196 e. The average molecular weight is 120 g/mol. The van der Waals surface area contributed by atoms with Crippen LogP contribution in [0.2, 0.25) is 0 Å². The molecule has 1 nitrogen and oxygen atoms in total. The Morgan fingerprint density at radius 1 is 1.50 bits per heavy atom. The van der Waals surface area contributed by atoms with Crippen LogP contribution in [0, 0.1) is 5.41 Å². The molecule has 0 aromatic rings. The number of halogens is 1. The average Bonchev–Trinajstić information content (AvgIpc) is 1.21. The molecule has 0 amide bonds. The summed E-state index contributed by atoms with van der Waals surface area (Å²) in [5.41, 5.74) is -0.103. The largest absolute Gasteiger partial charge is 0.364 e. The third kappa shape index (κ3) is 5.89. The van der Waals surface area contributed by atoms with Crippen LogP contribution in [0.4, 0.5) is 4.39 Å². The minimum Gasteiger partial charge on any atom is -0.364 e. The van der Waals surface area contributed by atoms with Crippen LogP contribution in [0.15, 0.2) is 0 Å². The Kier molecular flexibility index (Phi) is 2.41. The lowest BCUT2D eigenvalue weighted by Gasteiger charge is -2.17. The Hall–Kier alpha value is -0.110. The van der Waals surface area contributed by atoms with E-state index in [1.165, 1.54) is 0 Å². The molecule has 1 atom stereocenters. The molecule has 0 aliphatic carbocycles. The smallest absolute Gasteiger partial charge is 0.196 e. The van der Waals surface area contributed by atoms with Gasteiger partial charge in [-0.3, -0.25) is 0 Å². The summed E-state index contributed by atoms with van der Waals surface area (Å²) in [4.78, 5) is 0. The fourth-order valence-electron chi connectivity index (χ4n) is 0.505. The van der Waals surface area contributed by atoms with Gasteiger partial charge in [0.1, 0.15) is 0 Å². The monoisotopic (exact) mass is 120 g/mol. The van der Waals surface area contributed by atoms with Crippen molar-refractivity contribution in [2.45, 2.75) is 33.5 Å². The molecule has 0 spiro atoms. The van der Waals surface area contributed by atoms with Gasteiger partial charge in [-0.1, -0.05) is 20.8 Å². The van der Waals surface area contributed by atoms with Gasteiger partial charge >= 0.3 is 0 Å². The molecule has 50 valence electrons. The maximum absolute atomic E-state index is 11.8. The summed E-state index contributed by atoms with van der Waals surface area (Å²) < 4.78 is 11.8. The number of rotatable bonds is 1. The third-order valence-electron chi connectivity index (χ3n) is 0.781. The lowest BCUT2D eigenvalue weighted by Crippen LogP contribution is -2.12. The highest BCUT2D eigenvalue weighted by molar-refractivity contribution is 4.61. The first-order valence-corrected chi connectivity index (χ1v) is 2.74. The van der Waals surface area contributed by atoms with E-state index in [1.54, 1.807) is 0 Å². The Bertz CT molecular complexity index is 63.4. The van der Waals surface area contributed by atoms with Crippen LogP contribution >= 0.6 is 0 Å². The van der Waals surface area contributed by atoms with Crippen LogP contribution in [0.25, 0.3) is 0 Å². The molecule has 1 unspecified atom stereocenters. The van der Waals surface area contributed by atoms with Crippen molar-refractivity contribution < 1.29 is 9.50 Å². The van der Waals surface area contributed by atoms with Gasteiger partial charge in [-0.05, 0) is 5.41 Å². The molecular formula is C6H13FO. The Labute approximate surface area is 49.5 Å². The quantitative estimate of drug-likeness (QED) is 0.558. The van der Waals surface area contributed by atoms with Gasteiger partial charge in [0.15, 0.2) is 6.36 Å². The Morgan fingerprint density at radius 2 is 1.88 bits per heavy atom. The van der Waals surface area contributed by atoms with E-state index in [4.69, 9.17) is 5.11 Å². The second-order valence-electron chi connectivity index (χ2n) is 3.20. The standard InChI is InChI=1S/C6H13FO/c1-6(2,3)4-5(7)8/h5,8H,4H2,1-3H3. The van der Waals surface area contributed by atoms with Gasteiger partial charge in [0.2, 0.25) is 0 Å². The van der Waals surface area contributed by atoms with Crippen molar-refractivity contribution in [1.29, 1.82) is 0 Å². The van der Waals surface area contributed by atoms with Crippen LogP contribution < -0.4 is 0 Å². The fourth-order valence-corrected chi connectivity index (χ4v) is 0.505. The second kappa shape index (κ2) is 2.44. The molecule has 1 N–H and O–H groups in total. The first-order valence-electron chi connectivity index (χ1n) is 2.74. The minimum atomic E-state index is -1.66. The summed E-state index contributed by atoms with van der Waals surface area (Å²) in [6.45, 7) is 5.65. The number of alkyl halides is 1. The summed E-state index contributed by atoms with van der Waals surface area (Å²) in [5.74, 6) is 0. The summed E-state index contributed by atoms with van der Waals surface area (Å²) in [7, 11) is 0. The van der Waals surface area contributed by atoms with Gasteiger partial charge in [-0.15, -0.1) is 0 Å². The number of aliphatic hydroxyl groups excluding tert-OH is 1. The van der Waals surface area contributed by atoms with Crippen molar-refractivity contribution in [3.63, 3.8) is 0 Å². The molecule has 0 aromatic heterocycles. The zero-order valence-corrected chi connectivity index (χ0v) is 5.61. The second-order valence-corrected chi connectivity index (χ2v) is 3.20. The van der Waals surface area contributed by atoms with Crippen molar-refractivity contribution in [3.8, 4) is 0 Å². The SMILES string of the molecule is CC(C)(C)CC(O)F. The molecule has 2 heteroatoms. The van der Waals surface area contributed by atoms with Crippen molar-refractivity contribution in [2.75, 3.05) is 0 Å². The molecule has 0 aliphatic heterocycles. The number of hydrogen-bond donors (Lipinski definition) is 1. The van der Waals surface area contributed by atoms with Crippen molar-refractivity contribution in [2.24, 2.45) is 5.41 Å². The molecule has 0 bridgehead atoms. The van der Waals surface area contributed by atoms with Gasteiger partial charge in [0.25, 0.3) is 0 Å². The first-order chi connectivity index (χ1) is 3.42. The summed E-state index contributed by atoms with van der Waals surface area (Å²) in [6.07, 6.45) is -1.44. The van der Waals surface area contributed by atoms with Gasteiger partial charge in [0.05, 0.1) is 0 Å². The summed E-state index contributed by atoms with van der Waals surface area (Å²) in [5, 5.41) is 8.22. The summed E-state index contributed by atoms with van der Waals surface area (Å²) >= 11 is 0. The first kappa shape index (κ1) is 7.89. The topological polar surface area (TPSA) is 20.2 Å². The number of hydrogen-bond acceptors (Lipinski definition) is 1. The highest BCUT2D eigenvalue weighted by Gasteiger charge is 2.14. The Morgan fingerprint density at radius 3 is 1.88 bits per heavy atom. The van der Waals surface area contributed by atoms with Crippen molar-refractivity contribution in [3.05, 3.63) is 0 Å². The van der Waals surface area contributed by atoms with Gasteiger partial charge < -0.3 is 5.11 Å². The molecule has 0 rings (SSSR count). The zero-order valence-electron chi connectivity index (χ0n) is 5.61.